The minimum atomic E-state index is -0.322. The molecule has 2 heterocycles. The number of amides is 1. The highest BCUT2D eigenvalue weighted by Crippen LogP contribution is 2.24. The molecule has 2 aromatic heterocycles. The molecule has 142 valence electrons. The lowest BCUT2D eigenvalue weighted by atomic mass is 10.1. The predicted molar refractivity (Wildman–Crippen MR) is 105 cm³/mol. The Morgan fingerprint density at radius 1 is 1.21 bits per heavy atom. The fourth-order valence-corrected chi connectivity index (χ4v) is 3.50. The molecule has 1 amide bonds. The SMILES string of the molecule is CCN(C(=O)c1cnn2c1[nH]c(=O)c1ccccc12)C(C)c1ccc(F)cc1. The summed E-state index contributed by atoms with van der Waals surface area (Å²) in [5.74, 6) is -0.572. The number of halogens is 1. The molecule has 2 aromatic carbocycles. The average Bonchev–Trinajstić information content (AvgIpc) is 3.13. The van der Waals surface area contributed by atoms with E-state index in [9.17, 15) is 14.0 Å². The van der Waals surface area contributed by atoms with E-state index in [0.29, 0.717) is 28.7 Å². The quantitative estimate of drug-likeness (QED) is 0.590. The molecule has 28 heavy (non-hydrogen) atoms. The molecule has 1 N–H and O–H groups in total. The molecule has 7 heteroatoms. The Hall–Kier alpha value is -3.48. The largest absolute Gasteiger partial charge is 0.332 e. The molecule has 4 aromatic rings. The summed E-state index contributed by atoms with van der Waals surface area (Å²) in [6.07, 6.45) is 1.47. The van der Waals surface area contributed by atoms with Crippen LogP contribution in [0.2, 0.25) is 0 Å². The molecule has 4 rings (SSSR count). The van der Waals surface area contributed by atoms with Crippen LogP contribution < -0.4 is 5.56 Å². The van der Waals surface area contributed by atoms with Gasteiger partial charge in [-0.05, 0) is 43.7 Å². The number of hydrogen-bond donors (Lipinski definition) is 1. The fraction of sp³-hybridized carbons (Fsp3) is 0.190. The number of nitrogens with zero attached hydrogens (tertiary/aromatic N) is 3. The molecule has 0 aliphatic heterocycles. The molecule has 6 nitrogen and oxygen atoms in total. The van der Waals surface area contributed by atoms with Crippen molar-refractivity contribution in [2.75, 3.05) is 6.54 Å². The summed E-state index contributed by atoms with van der Waals surface area (Å²) in [6.45, 7) is 4.22. The summed E-state index contributed by atoms with van der Waals surface area (Å²) in [7, 11) is 0. The van der Waals surface area contributed by atoms with Crippen LogP contribution in [-0.2, 0) is 0 Å². The first-order valence-electron chi connectivity index (χ1n) is 9.06. The third-order valence-electron chi connectivity index (χ3n) is 5.03. The first kappa shape index (κ1) is 17.9. The highest BCUT2D eigenvalue weighted by Gasteiger charge is 2.25. The van der Waals surface area contributed by atoms with Crippen LogP contribution in [0.1, 0.15) is 35.8 Å². The van der Waals surface area contributed by atoms with Gasteiger partial charge in [-0.25, -0.2) is 8.91 Å². The summed E-state index contributed by atoms with van der Waals surface area (Å²) >= 11 is 0. The second-order valence-electron chi connectivity index (χ2n) is 6.61. The Balaban J connectivity index is 1.79. The topological polar surface area (TPSA) is 70.5 Å². The van der Waals surface area contributed by atoms with E-state index in [1.54, 1.807) is 39.7 Å². The van der Waals surface area contributed by atoms with Gasteiger partial charge in [0, 0.05) is 6.54 Å². The van der Waals surface area contributed by atoms with Gasteiger partial charge < -0.3 is 9.88 Å². The molecule has 0 fully saturated rings. The van der Waals surface area contributed by atoms with E-state index in [1.165, 1.54) is 18.3 Å². The Bertz CT molecular complexity index is 1230. The van der Waals surface area contributed by atoms with Crippen LogP contribution in [0.3, 0.4) is 0 Å². The van der Waals surface area contributed by atoms with Crippen LogP contribution in [0.4, 0.5) is 4.39 Å². The Labute approximate surface area is 160 Å². The van der Waals surface area contributed by atoms with Crippen molar-refractivity contribution in [3.05, 3.63) is 82.0 Å². The van der Waals surface area contributed by atoms with Crippen molar-refractivity contribution in [1.82, 2.24) is 19.5 Å². The second kappa shape index (κ2) is 6.92. The maximum Gasteiger partial charge on any atom is 0.259 e. The molecule has 0 saturated carbocycles. The standard InChI is InChI=1S/C21H19FN4O2/c1-3-25(13(2)14-8-10-15(22)11-9-14)21(28)17-12-23-26-18-7-5-4-6-16(18)20(27)24-19(17)26/h4-13H,3H2,1-2H3,(H,24,27). The number of benzene rings is 2. The number of aromatic nitrogens is 3. The fourth-order valence-electron chi connectivity index (χ4n) is 3.50. The molecule has 0 aliphatic carbocycles. The summed E-state index contributed by atoms with van der Waals surface area (Å²) in [4.78, 5) is 30.1. The van der Waals surface area contributed by atoms with Gasteiger partial charge in [0.05, 0.1) is 23.1 Å². The molecule has 0 bridgehead atoms. The van der Waals surface area contributed by atoms with Crippen LogP contribution >= 0.6 is 0 Å². The van der Waals surface area contributed by atoms with Crippen LogP contribution in [-0.4, -0.2) is 31.9 Å². The van der Waals surface area contributed by atoms with Crippen molar-refractivity contribution >= 4 is 22.5 Å². The minimum Gasteiger partial charge on any atom is -0.332 e. The molecule has 0 spiro atoms. The normalized spacial score (nSPS) is 12.4. The average molecular weight is 378 g/mol. The third-order valence-corrected chi connectivity index (χ3v) is 5.03. The van der Waals surface area contributed by atoms with E-state index >= 15 is 0 Å². The Kier molecular flexibility index (Phi) is 4.43. The van der Waals surface area contributed by atoms with Gasteiger partial charge in [-0.3, -0.25) is 9.59 Å². The highest BCUT2D eigenvalue weighted by molar-refractivity contribution is 6.00. The van der Waals surface area contributed by atoms with Gasteiger partial charge in [-0.1, -0.05) is 24.3 Å². The summed E-state index contributed by atoms with van der Waals surface area (Å²) in [5, 5.41) is 4.82. The third kappa shape index (κ3) is 2.85. The number of H-pyrrole nitrogens is 1. The number of hydrogen-bond acceptors (Lipinski definition) is 3. The molecule has 0 radical (unpaired) electrons. The van der Waals surface area contributed by atoms with Crippen molar-refractivity contribution in [2.24, 2.45) is 0 Å². The summed E-state index contributed by atoms with van der Waals surface area (Å²) < 4.78 is 14.8. The number of fused-ring (bicyclic) bond motifs is 3. The zero-order valence-electron chi connectivity index (χ0n) is 15.5. The highest BCUT2D eigenvalue weighted by atomic mass is 19.1. The van der Waals surface area contributed by atoms with Gasteiger partial charge in [0.25, 0.3) is 11.5 Å². The van der Waals surface area contributed by atoms with Crippen LogP contribution in [0.5, 0.6) is 0 Å². The number of aromatic amines is 1. The monoisotopic (exact) mass is 378 g/mol. The lowest BCUT2D eigenvalue weighted by molar-refractivity contribution is 0.0704. The zero-order chi connectivity index (χ0) is 19.8. The molecule has 1 atom stereocenters. The first-order valence-corrected chi connectivity index (χ1v) is 9.06. The Morgan fingerprint density at radius 2 is 1.93 bits per heavy atom. The van der Waals surface area contributed by atoms with E-state index in [2.05, 4.69) is 10.1 Å². The van der Waals surface area contributed by atoms with Crippen LogP contribution in [0.25, 0.3) is 16.6 Å². The Morgan fingerprint density at radius 3 is 2.64 bits per heavy atom. The summed E-state index contributed by atoms with van der Waals surface area (Å²) in [5.41, 5.74) is 1.87. The first-order chi connectivity index (χ1) is 13.5. The van der Waals surface area contributed by atoms with E-state index < -0.39 is 0 Å². The van der Waals surface area contributed by atoms with Crippen LogP contribution in [0, 0.1) is 5.82 Å². The van der Waals surface area contributed by atoms with E-state index in [-0.39, 0.29) is 23.3 Å². The van der Waals surface area contributed by atoms with Crippen LogP contribution in [0.15, 0.2) is 59.5 Å². The van der Waals surface area contributed by atoms with Gasteiger partial charge in [-0.15, -0.1) is 0 Å². The van der Waals surface area contributed by atoms with E-state index in [4.69, 9.17) is 0 Å². The smallest absolute Gasteiger partial charge is 0.259 e. The minimum absolute atomic E-state index is 0.250. The van der Waals surface area contributed by atoms with Crippen molar-refractivity contribution in [1.29, 1.82) is 0 Å². The number of carbonyl (C=O) groups excluding carboxylic acids is 1. The van der Waals surface area contributed by atoms with Crippen molar-refractivity contribution < 1.29 is 9.18 Å². The molecular formula is C21H19FN4O2. The van der Waals surface area contributed by atoms with Crippen molar-refractivity contribution in [2.45, 2.75) is 19.9 Å². The molecule has 1 unspecified atom stereocenters. The number of rotatable bonds is 4. The number of nitrogens with one attached hydrogen (secondary N) is 1. The molecule has 0 saturated heterocycles. The van der Waals surface area contributed by atoms with Gasteiger partial charge in [0.15, 0.2) is 0 Å². The van der Waals surface area contributed by atoms with Gasteiger partial charge in [0.1, 0.15) is 17.0 Å². The van der Waals surface area contributed by atoms with Gasteiger partial charge >= 0.3 is 0 Å². The van der Waals surface area contributed by atoms with Gasteiger partial charge in [-0.2, -0.15) is 5.10 Å². The van der Waals surface area contributed by atoms with E-state index in [1.807, 2.05) is 19.9 Å². The predicted octanol–water partition coefficient (Wildman–Crippen LogP) is 3.54. The van der Waals surface area contributed by atoms with Crippen molar-refractivity contribution in [3.63, 3.8) is 0 Å². The van der Waals surface area contributed by atoms with E-state index in [0.717, 1.165) is 5.56 Å². The maximum atomic E-state index is 13.3. The summed E-state index contributed by atoms with van der Waals surface area (Å²) in [6, 6.07) is 12.9. The van der Waals surface area contributed by atoms with Crippen molar-refractivity contribution in [3.8, 4) is 0 Å². The molecular weight excluding hydrogens is 359 g/mol. The number of para-hydroxylation sites is 1. The lowest BCUT2D eigenvalue weighted by Gasteiger charge is -2.28. The lowest BCUT2D eigenvalue weighted by Crippen LogP contribution is -2.33. The zero-order valence-corrected chi connectivity index (χ0v) is 15.5. The molecule has 0 aliphatic rings. The second-order valence-corrected chi connectivity index (χ2v) is 6.61. The number of carbonyl (C=O) groups is 1. The maximum absolute atomic E-state index is 13.3. The van der Waals surface area contributed by atoms with Gasteiger partial charge in [0.2, 0.25) is 0 Å².